The summed E-state index contributed by atoms with van der Waals surface area (Å²) in [5.74, 6) is -0.153. The molecule has 1 atom stereocenters. The van der Waals surface area contributed by atoms with Gasteiger partial charge >= 0.3 is 0 Å². The molecule has 3 N–H and O–H groups in total. The van der Waals surface area contributed by atoms with E-state index in [0.717, 1.165) is 45.6 Å². The molecule has 1 unspecified atom stereocenters. The normalized spacial score (nSPS) is 18.6. The standard InChI is InChI=1S/C19H25N3OS/c20-19(23)18-5-2-7-22(13-18)12-16-4-1-3-15(9-16)10-21-11-17-6-8-24-14-17/h1,3-4,6,8-9,14,18,21H,2,5,7,10-13H2,(H2,20,23). The molecule has 3 rings (SSSR count). The molecule has 0 aliphatic carbocycles. The number of hydrogen-bond donors (Lipinski definition) is 2. The Hall–Kier alpha value is -1.69. The monoisotopic (exact) mass is 343 g/mol. The van der Waals surface area contributed by atoms with Gasteiger partial charge in [-0.25, -0.2) is 0 Å². The highest BCUT2D eigenvalue weighted by atomic mass is 32.1. The third-order valence-electron chi connectivity index (χ3n) is 4.54. The zero-order chi connectivity index (χ0) is 16.8. The van der Waals surface area contributed by atoms with E-state index in [1.54, 1.807) is 11.3 Å². The van der Waals surface area contributed by atoms with Crippen molar-refractivity contribution in [3.63, 3.8) is 0 Å². The molecule has 1 saturated heterocycles. The second-order valence-electron chi connectivity index (χ2n) is 6.53. The van der Waals surface area contributed by atoms with Gasteiger partial charge in [0, 0.05) is 26.2 Å². The van der Waals surface area contributed by atoms with Gasteiger partial charge in [0.25, 0.3) is 0 Å². The van der Waals surface area contributed by atoms with Crippen molar-refractivity contribution in [2.45, 2.75) is 32.5 Å². The lowest BCUT2D eigenvalue weighted by molar-refractivity contribution is -0.123. The Balaban J connectivity index is 1.52. The maximum absolute atomic E-state index is 11.4. The van der Waals surface area contributed by atoms with Crippen LogP contribution in [0.5, 0.6) is 0 Å². The van der Waals surface area contributed by atoms with Crippen molar-refractivity contribution in [1.82, 2.24) is 10.2 Å². The molecule has 1 aliphatic rings. The average molecular weight is 343 g/mol. The molecule has 1 aliphatic heterocycles. The lowest BCUT2D eigenvalue weighted by Gasteiger charge is -2.31. The fraction of sp³-hybridized carbons (Fsp3) is 0.421. The predicted molar refractivity (Wildman–Crippen MR) is 98.5 cm³/mol. The van der Waals surface area contributed by atoms with Crippen molar-refractivity contribution in [2.75, 3.05) is 13.1 Å². The number of carbonyl (C=O) groups excluding carboxylic acids is 1. The van der Waals surface area contributed by atoms with Crippen LogP contribution in [0.2, 0.25) is 0 Å². The third-order valence-corrected chi connectivity index (χ3v) is 5.28. The second kappa shape index (κ2) is 8.42. The number of likely N-dealkylation sites (tertiary alicyclic amines) is 1. The van der Waals surface area contributed by atoms with Gasteiger partial charge in [0.15, 0.2) is 0 Å². The molecule has 4 nitrogen and oxygen atoms in total. The van der Waals surface area contributed by atoms with Gasteiger partial charge in [-0.2, -0.15) is 11.3 Å². The zero-order valence-corrected chi connectivity index (χ0v) is 14.7. The molecule has 0 radical (unpaired) electrons. The summed E-state index contributed by atoms with van der Waals surface area (Å²) in [7, 11) is 0. The molecule has 128 valence electrons. The first-order valence-electron chi connectivity index (χ1n) is 8.52. The summed E-state index contributed by atoms with van der Waals surface area (Å²) >= 11 is 1.73. The molecule has 1 fully saturated rings. The minimum absolute atomic E-state index is 0.00853. The van der Waals surface area contributed by atoms with Crippen LogP contribution in [-0.2, 0) is 24.4 Å². The number of nitrogens with one attached hydrogen (secondary N) is 1. The highest BCUT2D eigenvalue weighted by Crippen LogP contribution is 2.18. The van der Waals surface area contributed by atoms with Crippen molar-refractivity contribution in [3.8, 4) is 0 Å². The summed E-state index contributed by atoms with van der Waals surface area (Å²) in [5, 5.41) is 7.77. The van der Waals surface area contributed by atoms with Crippen LogP contribution in [0.1, 0.15) is 29.5 Å². The van der Waals surface area contributed by atoms with Gasteiger partial charge in [0.1, 0.15) is 0 Å². The van der Waals surface area contributed by atoms with Crippen molar-refractivity contribution < 1.29 is 4.79 Å². The van der Waals surface area contributed by atoms with Crippen LogP contribution in [0.15, 0.2) is 41.1 Å². The number of piperidine rings is 1. The number of nitrogens with two attached hydrogens (primary N) is 1. The average Bonchev–Trinajstić information content (AvgIpc) is 3.09. The Morgan fingerprint density at radius 1 is 1.25 bits per heavy atom. The van der Waals surface area contributed by atoms with Crippen LogP contribution in [0, 0.1) is 5.92 Å². The molecule has 1 aromatic heterocycles. The van der Waals surface area contributed by atoms with Crippen molar-refractivity contribution >= 4 is 17.2 Å². The van der Waals surface area contributed by atoms with E-state index in [9.17, 15) is 4.79 Å². The van der Waals surface area contributed by atoms with Gasteiger partial charge in [0.05, 0.1) is 5.92 Å². The van der Waals surface area contributed by atoms with Crippen molar-refractivity contribution in [3.05, 3.63) is 57.8 Å². The highest BCUT2D eigenvalue weighted by molar-refractivity contribution is 7.07. The fourth-order valence-electron chi connectivity index (χ4n) is 3.27. The Labute approximate surface area is 147 Å². The first-order chi connectivity index (χ1) is 11.7. The third kappa shape index (κ3) is 4.90. The Morgan fingerprint density at radius 3 is 2.88 bits per heavy atom. The van der Waals surface area contributed by atoms with E-state index in [-0.39, 0.29) is 11.8 Å². The molecule has 0 bridgehead atoms. The Morgan fingerprint density at radius 2 is 2.08 bits per heavy atom. The number of carbonyl (C=O) groups is 1. The number of hydrogen-bond acceptors (Lipinski definition) is 4. The van der Waals surface area contributed by atoms with E-state index in [4.69, 9.17) is 5.73 Å². The molecule has 1 aromatic carbocycles. The van der Waals surface area contributed by atoms with Gasteiger partial charge < -0.3 is 11.1 Å². The molecule has 1 amide bonds. The second-order valence-corrected chi connectivity index (χ2v) is 7.31. The summed E-state index contributed by atoms with van der Waals surface area (Å²) in [6.07, 6.45) is 1.98. The molecule has 2 heterocycles. The summed E-state index contributed by atoms with van der Waals surface area (Å²) in [4.78, 5) is 13.8. The Kier molecular flexibility index (Phi) is 6.01. The van der Waals surface area contributed by atoms with Crippen LogP contribution in [0.3, 0.4) is 0 Å². The van der Waals surface area contributed by atoms with Gasteiger partial charge in [-0.15, -0.1) is 0 Å². The van der Waals surface area contributed by atoms with Gasteiger partial charge in [-0.3, -0.25) is 9.69 Å². The molecule has 5 heteroatoms. The van der Waals surface area contributed by atoms with Gasteiger partial charge in [-0.1, -0.05) is 24.3 Å². The summed E-state index contributed by atoms with van der Waals surface area (Å²) in [5.41, 5.74) is 9.40. The number of thiophene rings is 1. The van der Waals surface area contributed by atoms with Crippen molar-refractivity contribution in [1.29, 1.82) is 0 Å². The predicted octanol–water partition coefficient (Wildman–Crippen LogP) is 2.74. The number of rotatable bonds is 7. The van der Waals surface area contributed by atoms with E-state index in [0.29, 0.717) is 0 Å². The quantitative estimate of drug-likeness (QED) is 0.813. The molecule has 0 spiro atoms. The highest BCUT2D eigenvalue weighted by Gasteiger charge is 2.23. The maximum Gasteiger partial charge on any atom is 0.221 e. The largest absolute Gasteiger partial charge is 0.369 e. The van der Waals surface area contributed by atoms with Crippen LogP contribution in [-0.4, -0.2) is 23.9 Å². The molecule has 0 saturated carbocycles. The van der Waals surface area contributed by atoms with Crippen LogP contribution in [0.25, 0.3) is 0 Å². The number of benzene rings is 1. The zero-order valence-electron chi connectivity index (χ0n) is 13.9. The maximum atomic E-state index is 11.4. The van der Waals surface area contributed by atoms with Crippen LogP contribution in [0.4, 0.5) is 0 Å². The van der Waals surface area contributed by atoms with E-state index < -0.39 is 0 Å². The number of nitrogens with zero attached hydrogens (tertiary/aromatic N) is 1. The smallest absolute Gasteiger partial charge is 0.221 e. The SMILES string of the molecule is NC(=O)C1CCCN(Cc2cccc(CNCc3ccsc3)c2)C1. The minimum Gasteiger partial charge on any atom is -0.369 e. The molecular formula is C19H25N3OS. The van der Waals surface area contributed by atoms with E-state index in [2.05, 4.69) is 51.3 Å². The Bertz CT molecular complexity index is 656. The molecule has 2 aromatic rings. The minimum atomic E-state index is -0.161. The summed E-state index contributed by atoms with van der Waals surface area (Å²) in [6.45, 7) is 4.50. The number of amides is 1. The number of primary amides is 1. The van der Waals surface area contributed by atoms with E-state index in [1.807, 2.05) is 0 Å². The van der Waals surface area contributed by atoms with Crippen LogP contribution >= 0.6 is 11.3 Å². The van der Waals surface area contributed by atoms with E-state index in [1.165, 1.54) is 16.7 Å². The van der Waals surface area contributed by atoms with E-state index >= 15 is 0 Å². The first kappa shape index (κ1) is 17.1. The van der Waals surface area contributed by atoms with Crippen LogP contribution < -0.4 is 11.1 Å². The van der Waals surface area contributed by atoms with Gasteiger partial charge in [-0.05, 0) is 52.9 Å². The lowest BCUT2D eigenvalue weighted by Crippen LogP contribution is -2.40. The first-order valence-corrected chi connectivity index (χ1v) is 9.46. The fourth-order valence-corrected chi connectivity index (χ4v) is 3.94. The summed E-state index contributed by atoms with van der Waals surface area (Å²) < 4.78 is 0. The summed E-state index contributed by atoms with van der Waals surface area (Å²) in [6, 6.07) is 10.9. The molecular weight excluding hydrogens is 318 g/mol. The topological polar surface area (TPSA) is 58.4 Å². The van der Waals surface area contributed by atoms with Crippen molar-refractivity contribution in [2.24, 2.45) is 11.7 Å². The van der Waals surface area contributed by atoms with Gasteiger partial charge in [0.2, 0.25) is 5.91 Å². The molecule has 24 heavy (non-hydrogen) atoms. The lowest BCUT2D eigenvalue weighted by atomic mass is 9.97.